The molecule has 1 saturated heterocycles. The lowest BCUT2D eigenvalue weighted by Gasteiger charge is -2.34. The van der Waals surface area contributed by atoms with Crippen LogP contribution in [0.15, 0.2) is 59.5 Å². The minimum Gasteiger partial charge on any atom is -0.492 e. The minimum absolute atomic E-state index is 0.139. The molecule has 0 aromatic heterocycles. The molecule has 28 heavy (non-hydrogen) atoms. The van der Waals surface area contributed by atoms with Crippen molar-refractivity contribution in [1.82, 2.24) is 9.21 Å². The monoisotopic (exact) mass is 414 g/mol. The first-order valence-electron chi connectivity index (χ1n) is 8.85. The van der Waals surface area contributed by atoms with E-state index in [2.05, 4.69) is 0 Å². The van der Waals surface area contributed by atoms with Gasteiger partial charge in [0.1, 0.15) is 12.4 Å². The zero-order valence-electron chi connectivity index (χ0n) is 15.1. The van der Waals surface area contributed by atoms with Gasteiger partial charge in [0.2, 0.25) is 10.0 Å². The van der Waals surface area contributed by atoms with Crippen LogP contribution in [0.4, 0.5) is 13.2 Å². The molecule has 1 aliphatic rings. The zero-order valence-corrected chi connectivity index (χ0v) is 15.9. The maximum Gasteiger partial charge on any atom is 0.417 e. The van der Waals surface area contributed by atoms with E-state index < -0.39 is 26.7 Å². The fourth-order valence-corrected chi connectivity index (χ4v) is 4.70. The Balaban J connectivity index is 1.59. The third-order valence-corrected chi connectivity index (χ3v) is 6.52. The van der Waals surface area contributed by atoms with Crippen molar-refractivity contribution in [1.29, 1.82) is 0 Å². The number of hydrogen-bond acceptors (Lipinski definition) is 4. The highest BCUT2D eigenvalue weighted by molar-refractivity contribution is 7.89. The molecule has 152 valence electrons. The van der Waals surface area contributed by atoms with Gasteiger partial charge < -0.3 is 4.74 Å². The van der Waals surface area contributed by atoms with E-state index in [1.165, 1.54) is 12.1 Å². The summed E-state index contributed by atoms with van der Waals surface area (Å²) in [5, 5.41) is 0. The van der Waals surface area contributed by atoms with E-state index in [0.717, 1.165) is 22.2 Å². The molecule has 0 radical (unpaired) electrons. The molecule has 2 aromatic rings. The van der Waals surface area contributed by atoms with Gasteiger partial charge in [0.15, 0.2) is 0 Å². The van der Waals surface area contributed by atoms with E-state index >= 15 is 0 Å². The van der Waals surface area contributed by atoms with Gasteiger partial charge in [-0.25, -0.2) is 8.42 Å². The van der Waals surface area contributed by atoms with E-state index in [1.54, 1.807) is 0 Å². The van der Waals surface area contributed by atoms with Gasteiger partial charge in [-0.05, 0) is 24.3 Å². The summed E-state index contributed by atoms with van der Waals surface area (Å²) in [6.45, 7) is 2.21. The van der Waals surface area contributed by atoms with Gasteiger partial charge in [0.25, 0.3) is 0 Å². The van der Waals surface area contributed by atoms with Crippen LogP contribution >= 0.6 is 0 Å². The fraction of sp³-hybridized carbons (Fsp3) is 0.368. The molecular weight excluding hydrogens is 393 g/mol. The van der Waals surface area contributed by atoms with Crippen molar-refractivity contribution < 1.29 is 26.3 Å². The number of ether oxygens (including phenoxy) is 1. The number of para-hydroxylation sites is 1. The molecular formula is C19H21F3N2O3S. The van der Waals surface area contributed by atoms with Crippen molar-refractivity contribution in [2.45, 2.75) is 11.1 Å². The number of halogens is 3. The molecule has 2 aromatic carbocycles. The normalized spacial score (nSPS) is 16.8. The van der Waals surface area contributed by atoms with Crippen LogP contribution < -0.4 is 4.74 Å². The van der Waals surface area contributed by atoms with Gasteiger partial charge >= 0.3 is 6.18 Å². The predicted molar refractivity (Wildman–Crippen MR) is 98.6 cm³/mol. The Morgan fingerprint density at radius 2 is 1.50 bits per heavy atom. The second kappa shape index (κ2) is 8.50. The quantitative estimate of drug-likeness (QED) is 0.729. The number of benzene rings is 2. The molecule has 0 aliphatic carbocycles. The minimum atomic E-state index is -4.72. The molecule has 0 unspecified atom stereocenters. The van der Waals surface area contributed by atoms with E-state index in [0.29, 0.717) is 26.2 Å². The topological polar surface area (TPSA) is 49.9 Å². The first-order valence-corrected chi connectivity index (χ1v) is 10.3. The van der Waals surface area contributed by atoms with Crippen LogP contribution in [0.25, 0.3) is 0 Å². The Morgan fingerprint density at radius 3 is 2.14 bits per heavy atom. The Labute approximate surface area is 162 Å². The van der Waals surface area contributed by atoms with Crippen LogP contribution in [0.2, 0.25) is 0 Å². The lowest BCUT2D eigenvalue weighted by Crippen LogP contribution is -2.49. The second-order valence-corrected chi connectivity index (χ2v) is 8.31. The number of sulfonamides is 1. The van der Waals surface area contributed by atoms with Crippen molar-refractivity contribution in [2.75, 3.05) is 39.3 Å². The second-order valence-electron chi connectivity index (χ2n) is 6.40. The summed E-state index contributed by atoms with van der Waals surface area (Å²) in [5.41, 5.74) is -1.13. The fourth-order valence-electron chi connectivity index (χ4n) is 3.07. The summed E-state index contributed by atoms with van der Waals surface area (Å²) in [5.74, 6) is 0.757. The van der Waals surface area contributed by atoms with E-state index in [-0.39, 0.29) is 13.1 Å². The largest absolute Gasteiger partial charge is 0.492 e. The van der Waals surface area contributed by atoms with Crippen molar-refractivity contribution >= 4 is 10.0 Å². The lowest BCUT2D eigenvalue weighted by molar-refractivity contribution is -0.139. The number of alkyl halides is 3. The molecule has 1 heterocycles. The van der Waals surface area contributed by atoms with Gasteiger partial charge in [0.05, 0.1) is 10.5 Å². The predicted octanol–water partition coefficient (Wildman–Crippen LogP) is 3.09. The summed E-state index contributed by atoms with van der Waals surface area (Å²) in [7, 11) is -4.21. The maximum absolute atomic E-state index is 13.2. The van der Waals surface area contributed by atoms with Crippen molar-refractivity contribution in [2.24, 2.45) is 0 Å². The molecule has 1 fully saturated rings. The number of rotatable bonds is 6. The zero-order chi connectivity index (χ0) is 20.2. The van der Waals surface area contributed by atoms with Crippen LogP contribution in [-0.4, -0.2) is 57.0 Å². The summed E-state index contributed by atoms with van der Waals surface area (Å²) in [6.07, 6.45) is -4.72. The SMILES string of the molecule is O=S(=O)(c1ccccc1C(F)(F)F)N1CCN(CCOc2ccccc2)CC1. The third kappa shape index (κ3) is 4.84. The summed E-state index contributed by atoms with van der Waals surface area (Å²) in [6, 6.07) is 13.6. The molecule has 0 N–H and O–H groups in total. The highest BCUT2D eigenvalue weighted by atomic mass is 32.2. The van der Waals surface area contributed by atoms with Crippen LogP contribution in [0.3, 0.4) is 0 Å². The highest BCUT2D eigenvalue weighted by Crippen LogP contribution is 2.35. The summed E-state index contributed by atoms with van der Waals surface area (Å²) < 4.78 is 71.8. The summed E-state index contributed by atoms with van der Waals surface area (Å²) >= 11 is 0. The molecule has 9 heteroatoms. The van der Waals surface area contributed by atoms with Crippen LogP contribution in [0, 0.1) is 0 Å². The number of nitrogens with zero attached hydrogens (tertiary/aromatic N) is 2. The van der Waals surface area contributed by atoms with Crippen molar-refractivity contribution in [3.63, 3.8) is 0 Å². The molecule has 0 spiro atoms. The van der Waals surface area contributed by atoms with E-state index in [1.807, 2.05) is 35.2 Å². The Bertz CT molecular complexity index is 881. The third-order valence-electron chi connectivity index (χ3n) is 4.56. The Kier molecular flexibility index (Phi) is 6.26. The molecule has 5 nitrogen and oxygen atoms in total. The first-order chi connectivity index (χ1) is 13.3. The van der Waals surface area contributed by atoms with E-state index in [4.69, 9.17) is 4.74 Å². The van der Waals surface area contributed by atoms with Crippen LogP contribution in [0.1, 0.15) is 5.56 Å². The Morgan fingerprint density at radius 1 is 0.893 bits per heavy atom. The molecule has 1 aliphatic heterocycles. The lowest BCUT2D eigenvalue weighted by atomic mass is 10.2. The van der Waals surface area contributed by atoms with Gasteiger partial charge in [-0.1, -0.05) is 30.3 Å². The summed E-state index contributed by atoms with van der Waals surface area (Å²) in [4.78, 5) is 1.34. The molecule has 3 rings (SSSR count). The maximum atomic E-state index is 13.2. The van der Waals surface area contributed by atoms with Gasteiger partial charge in [0, 0.05) is 32.7 Å². The molecule has 0 saturated carbocycles. The molecule has 0 bridgehead atoms. The van der Waals surface area contributed by atoms with Gasteiger partial charge in [-0.2, -0.15) is 17.5 Å². The van der Waals surface area contributed by atoms with Gasteiger partial charge in [-0.15, -0.1) is 0 Å². The number of piperazine rings is 1. The number of hydrogen-bond donors (Lipinski definition) is 0. The smallest absolute Gasteiger partial charge is 0.417 e. The Hall–Kier alpha value is -2.10. The van der Waals surface area contributed by atoms with Crippen molar-refractivity contribution in [3.05, 3.63) is 60.2 Å². The first kappa shape index (κ1) is 20.6. The van der Waals surface area contributed by atoms with E-state index in [9.17, 15) is 21.6 Å². The molecule has 0 amide bonds. The average molecular weight is 414 g/mol. The molecule has 0 atom stereocenters. The average Bonchev–Trinajstić information content (AvgIpc) is 2.69. The van der Waals surface area contributed by atoms with Crippen molar-refractivity contribution in [3.8, 4) is 5.75 Å². The van der Waals surface area contributed by atoms with Gasteiger partial charge in [-0.3, -0.25) is 4.90 Å². The standard InChI is InChI=1S/C19H21F3N2O3S/c20-19(21,22)17-8-4-5-9-18(17)28(25,26)24-12-10-23(11-13-24)14-15-27-16-6-2-1-3-7-16/h1-9H,10-15H2. The van der Waals surface area contributed by atoms with Crippen LogP contribution in [0.5, 0.6) is 5.75 Å². The highest BCUT2D eigenvalue weighted by Gasteiger charge is 2.39. The van der Waals surface area contributed by atoms with Crippen LogP contribution in [-0.2, 0) is 16.2 Å².